The van der Waals surface area contributed by atoms with Crippen LogP contribution in [0.25, 0.3) is 0 Å². The van der Waals surface area contributed by atoms with Crippen molar-refractivity contribution in [2.45, 2.75) is 58.6 Å². The van der Waals surface area contributed by atoms with E-state index in [-0.39, 0.29) is 29.0 Å². The number of hydrogen-bond acceptors (Lipinski definition) is 5. The normalized spacial score (nSPS) is 24.3. The molecule has 2 aliphatic rings. The summed E-state index contributed by atoms with van der Waals surface area (Å²) in [5.41, 5.74) is 1.42. The third kappa shape index (κ3) is 5.19. The molecule has 3 unspecified atom stereocenters. The number of amides is 2. The van der Waals surface area contributed by atoms with Gasteiger partial charge in [0, 0.05) is 44.0 Å². The number of piperidine rings is 1. The zero-order valence-corrected chi connectivity index (χ0v) is 17.7. The SMILES string of the molecule is CCC(=O)Nc1cccc2c1NC1CCN(C(=O)OC(C)(C)C)CC1CC[NH+]2[O-]. The van der Waals surface area contributed by atoms with Crippen LogP contribution in [-0.4, -0.2) is 48.2 Å². The first-order chi connectivity index (χ1) is 13.7. The van der Waals surface area contributed by atoms with E-state index >= 15 is 0 Å². The average Bonchev–Trinajstić information content (AvgIpc) is 2.65. The van der Waals surface area contributed by atoms with Crippen LogP contribution in [0.3, 0.4) is 0 Å². The average molecular weight is 405 g/mol. The van der Waals surface area contributed by atoms with Gasteiger partial charge in [0.1, 0.15) is 11.3 Å². The molecule has 0 aromatic heterocycles. The van der Waals surface area contributed by atoms with E-state index in [1.165, 1.54) is 0 Å². The van der Waals surface area contributed by atoms with E-state index in [4.69, 9.17) is 4.74 Å². The van der Waals surface area contributed by atoms with Crippen LogP contribution in [0.15, 0.2) is 18.2 Å². The summed E-state index contributed by atoms with van der Waals surface area (Å²) in [5, 5.41) is 19.3. The summed E-state index contributed by atoms with van der Waals surface area (Å²) in [6.45, 7) is 8.94. The van der Waals surface area contributed by atoms with E-state index in [1.807, 2.05) is 32.9 Å². The number of carbonyl (C=O) groups is 2. The maximum absolute atomic E-state index is 12.8. The van der Waals surface area contributed by atoms with Gasteiger partial charge in [-0.05, 0) is 33.3 Å². The molecule has 160 valence electrons. The number of nitrogens with one attached hydrogen (secondary N) is 3. The second-order valence-corrected chi connectivity index (χ2v) is 8.82. The molecule has 0 spiro atoms. The lowest BCUT2D eigenvalue weighted by molar-refractivity contribution is -0.776. The van der Waals surface area contributed by atoms with Crippen molar-refractivity contribution in [1.82, 2.24) is 4.90 Å². The number of ether oxygens (including phenoxy) is 1. The van der Waals surface area contributed by atoms with Crippen LogP contribution in [0.2, 0.25) is 0 Å². The summed E-state index contributed by atoms with van der Waals surface area (Å²) in [6.07, 6.45) is 1.53. The highest BCUT2D eigenvalue weighted by atomic mass is 16.6. The Morgan fingerprint density at radius 1 is 1.34 bits per heavy atom. The van der Waals surface area contributed by atoms with Crippen molar-refractivity contribution in [3.8, 4) is 0 Å². The Bertz CT molecular complexity index is 762. The van der Waals surface area contributed by atoms with Gasteiger partial charge in [-0.3, -0.25) is 4.79 Å². The predicted molar refractivity (Wildman–Crippen MR) is 112 cm³/mol. The van der Waals surface area contributed by atoms with Gasteiger partial charge >= 0.3 is 6.09 Å². The van der Waals surface area contributed by atoms with E-state index in [0.29, 0.717) is 49.5 Å². The minimum atomic E-state index is -0.533. The second kappa shape index (κ2) is 8.59. The molecular formula is C21H32N4O4. The molecule has 3 atom stereocenters. The fraction of sp³-hybridized carbons (Fsp3) is 0.619. The maximum Gasteiger partial charge on any atom is 0.410 e. The first-order valence-corrected chi connectivity index (χ1v) is 10.4. The fourth-order valence-corrected chi connectivity index (χ4v) is 3.93. The number of rotatable bonds is 2. The number of quaternary nitrogens is 1. The van der Waals surface area contributed by atoms with Gasteiger partial charge in [-0.25, -0.2) is 4.79 Å². The Morgan fingerprint density at radius 2 is 2.10 bits per heavy atom. The second-order valence-electron chi connectivity index (χ2n) is 8.82. The van der Waals surface area contributed by atoms with Crippen molar-refractivity contribution in [1.29, 1.82) is 0 Å². The van der Waals surface area contributed by atoms with Crippen LogP contribution in [0.5, 0.6) is 0 Å². The van der Waals surface area contributed by atoms with Gasteiger partial charge in [0.2, 0.25) is 5.91 Å². The number of carbonyl (C=O) groups excluding carboxylic acids is 2. The first kappa shape index (κ1) is 21.4. The van der Waals surface area contributed by atoms with Gasteiger partial charge in [0.05, 0.1) is 12.2 Å². The minimum Gasteiger partial charge on any atom is -0.629 e. The summed E-state index contributed by atoms with van der Waals surface area (Å²) in [7, 11) is 0. The standard InChI is InChI=1S/C21H32N4O4/c1-5-18(26)22-16-7-6-8-17-19(16)23-15-10-11-24(20(27)29-21(2,3)4)13-14(15)9-12-25(17)28/h6-8,14-15,23,25H,5,9-13H2,1-4H3,(H,22,26). The van der Waals surface area contributed by atoms with Crippen molar-refractivity contribution in [2.75, 3.05) is 30.3 Å². The van der Waals surface area contributed by atoms with Gasteiger partial charge in [0.15, 0.2) is 5.69 Å². The largest absolute Gasteiger partial charge is 0.629 e. The topological polar surface area (TPSA) is 98.2 Å². The Labute approximate surface area is 172 Å². The Kier molecular flexibility index (Phi) is 6.33. The number of benzene rings is 1. The quantitative estimate of drug-likeness (QED) is 0.658. The third-order valence-electron chi connectivity index (χ3n) is 5.42. The molecule has 3 rings (SSSR count). The molecule has 0 bridgehead atoms. The molecule has 1 saturated heterocycles. The highest BCUT2D eigenvalue weighted by Crippen LogP contribution is 2.34. The molecule has 1 aromatic carbocycles. The van der Waals surface area contributed by atoms with Crippen LogP contribution in [-0.2, 0) is 9.53 Å². The van der Waals surface area contributed by atoms with Crippen LogP contribution < -0.4 is 15.7 Å². The van der Waals surface area contributed by atoms with E-state index < -0.39 is 5.60 Å². The van der Waals surface area contributed by atoms with Gasteiger partial charge in [-0.1, -0.05) is 13.0 Å². The Morgan fingerprint density at radius 3 is 2.79 bits per heavy atom. The zero-order chi connectivity index (χ0) is 21.2. The van der Waals surface area contributed by atoms with Crippen molar-refractivity contribution < 1.29 is 19.4 Å². The molecule has 2 heterocycles. The number of likely N-dealkylation sites (tertiary alicyclic amines) is 1. The van der Waals surface area contributed by atoms with Gasteiger partial charge in [0.25, 0.3) is 0 Å². The summed E-state index contributed by atoms with van der Waals surface area (Å²) in [4.78, 5) is 26.2. The van der Waals surface area contributed by atoms with Crippen LogP contribution in [0.1, 0.15) is 47.0 Å². The number of hydrogen-bond donors (Lipinski definition) is 3. The molecule has 2 aliphatic heterocycles. The lowest BCUT2D eigenvalue weighted by atomic mass is 9.88. The predicted octanol–water partition coefficient (Wildman–Crippen LogP) is 2.49. The summed E-state index contributed by atoms with van der Waals surface area (Å²) in [5.74, 6) is 0.0503. The van der Waals surface area contributed by atoms with Crippen LogP contribution in [0.4, 0.5) is 21.9 Å². The molecule has 29 heavy (non-hydrogen) atoms. The molecule has 0 saturated carbocycles. The molecule has 0 radical (unpaired) electrons. The monoisotopic (exact) mass is 404 g/mol. The van der Waals surface area contributed by atoms with Gasteiger partial charge < -0.3 is 30.5 Å². The lowest BCUT2D eigenvalue weighted by Crippen LogP contribution is -3.02. The molecule has 8 heteroatoms. The van der Waals surface area contributed by atoms with Crippen molar-refractivity contribution in [3.05, 3.63) is 23.4 Å². The molecule has 0 aliphatic carbocycles. The summed E-state index contributed by atoms with van der Waals surface area (Å²) < 4.78 is 5.52. The minimum absolute atomic E-state index is 0.0490. The highest BCUT2D eigenvalue weighted by molar-refractivity contribution is 5.96. The van der Waals surface area contributed by atoms with E-state index in [0.717, 1.165) is 6.42 Å². The van der Waals surface area contributed by atoms with Crippen LogP contribution >= 0.6 is 0 Å². The molecule has 3 N–H and O–H groups in total. The number of hydroxylamine groups is 1. The van der Waals surface area contributed by atoms with Gasteiger partial charge in [-0.15, -0.1) is 0 Å². The number of para-hydroxylation sites is 1. The summed E-state index contributed by atoms with van der Waals surface area (Å²) >= 11 is 0. The Hall–Kier alpha value is -2.32. The fourth-order valence-electron chi connectivity index (χ4n) is 3.93. The molecule has 1 fully saturated rings. The Balaban J connectivity index is 1.80. The van der Waals surface area contributed by atoms with Gasteiger partial charge in [-0.2, -0.15) is 0 Å². The number of fused-ring (bicyclic) bond motifs is 2. The molecule has 2 amide bonds. The van der Waals surface area contributed by atoms with E-state index in [1.54, 1.807) is 17.9 Å². The smallest absolute Gasteiger partial charge is 0.410 e. The van der Waals surface area contributed by atoms with Crippen molar-refractivity contribution >= 4 is 29.1 Å². The maximum atomic E-state index is 12.8. The molecule has 8 nitrogen and oxygen atoms in total. The summed E-state index contributed by atoms with van der Waals surface area (Å²) in [6, 6.07) is 5.55. The van der Waals surface area contributed by atoms with Crippen LogP contribution in [0, 0.1) is 11.1 Å². The van der Waals surface area contributed by atoms with Crippen molar-refractivity contribution in [3.63, 3.8) is 0 Å². The number of anilines is 2. The zero-order valence-electron chi connectivity index (χ0n) is 17.7. The lowest BCUT2D eigenvalue weighted by Gasteiger charge is -2.42. The first-order valence-electron chi connectivity index (χ1n) is 10.4. The highest BCUT2D eigenvalue weighted by Gasteiger charge is 2.36. The third-order valence-corrected chi connectivity index (χ3v) is 5.42. The molecular weight excluding hydrogens is 372 g/mol. The van der Waals surface area contributed by atoms with E-state index in [9.17, 15) is 14.8 Å². The number of nitrogens with zero attached hydrogens (tertiary/aromatic N) is 1. The molecule has 1 aromatic rings. The van der Waals surface area contributed by atoms with Crippen molar-refractivity contribution in [2.24, 2.45) is 5.92 Å². The van der Waals surface area contributed by atoms with E-state index in [2.05, 4.69) is 10.6 Å².